The molecule has 1 N–H and O–H groups in total. The molecule has 0 spiro atoms. The monoisotopic (exact) mass is 282 g/mol. The van der Waals surface area contributed by atoms with Gasteiger partial charge in [-0.2, -0.15) is 0 Å². The molecule has 0 aliphatic carbocycles. The number of non-ortho nitro benzene ring substituents is 1. The summed E-state index contributed by atoms with van der Waals surface area (Å²) in [6, 6.07) is 4.62. The molecular formula is C14H22N2O4. The minimum atomic E-state index is -0.406. The van der Waals surface area contributed by atoms with Crippen LogP contribution in [0, 0.1) is 10.1 Å². The normalized spacial score (nSPS) is 10.5. The van der Waals surface area contributed by atoms with Crippen LogP contribution in [-0.4, -0.2) is 31.8 Å². The Morgan fingerprint density at radius 1 is 1.30 bits per heavy atom. The molecule has 0 fully saturated rings. The molecule has 1 rings (SSSR count). The largest absolute Gasteiger partial charge is 0.491 e. The van der Waals surface area contributed by atoms with Crippen LogP contribution in [0.1, 0.15) is 25.3 Å². The summed E-state index contributed by atoms with van der Waals surface area (Å²) in [4.78, 5) is 10.3. The lowest BCUT2D eigenvalue weighted by Gasteiger charge is -2.11. The highest BCUT2D eigenvalue weighted by Crippen LogP contribution is 2.24. The summed E-state index contributed by atoms with van der Waals surface area (Å²) in [5.74, 6) is 0.657. The summed E-state index contributed by atoms with van der Waals surface area (Å²) in [5, 5.41) is 13.7. The molecule has 112 valence electrons. The zero-order valence-corrected chi connectivity index (χ0v) is 12.1. The van der Waals surface area contributed by atoms with Crippen LogP contribution in [0.2, 0.25) is 0 Å². The average molecular weight is 282 g/mol. The summed E-state index contributed by atoms with van der Waals surface area (Å²) < 4.78 is 11.0. The number of hydrogen-bond acceptors (Lipinski definition) is 5. The van der Waals surface area contributed by atoms with Crippen molar-refractivity contribution in [2.24, 2.45) is 0 Å². The predicted molar refractivity (Wildman–Crippen MR) is 77.1 cm³/mol. The van der Waals surface area contributed by atoms with Gasteiger partial charge in [0, 0.05) is 30.8 Å². The predicted octanol–water partition coefficient (Wildman–Crippen LogP) is 2.51. The second kappa shape index (κ2) is 9.28. The van der Waals surface area contributed by atoms with Crippen molar-refractivity contribution in [1.29, 1.82) is 0 Å². The highest BCUT2D eigenvalue weighted by Gasteiger charge is 2.11. The number of rotatable bonds is 10. The molecule has 0 aliphatic rings. The molecule has 0 amide bonds. The van der Waals surface area contributed by atoms with Gasteiger partial charge in [-0.1, -0.05) is 13.3 Å². The van der Waals surface area contributed by atoms with Crippen LogP contribution >= 0.6 is 0 Å². The van der Waals surface area contributed by atoms with Gasteiger partial charge in [-0.05, 0) is 19.5 Å². The molecule has 0 atom stereocenters. The first-order valence-electron chi connectivity index (χ1n) is 6.81. The fraction of sp³-hybridized carbons (Fsp3) is 0.571. The lowest BCUT2D eigenvalue weighted by atomic mass is 10.2. The maximum absolute atomic E-state index is 10.8. The van der Waals surface area contributed by atoms with Gasteiger partial charge in [0.05, 0.1) is 11.5 Å². The first kappa shape index (κ1) is 16.4. The van der Waals surface area contributed by atoms with Crippen molar-refractivity contribution in [3.63, 3.8) is 0 Å². The number of ether oxygens (including phenoxy) is 2. The van der Waals surface area contributed by atoms with Crippen LogP contribution in [0.4, 0.5) is 5.69 Å². The van der Waals surface area contributed by atoms with E-state index in [0.29, 0.717) is 25.5 Å². The van der Waals surface area contributed by atoms with Crippen molar-refractivity contribution in [3.05, 3.63) is 33.9 Å². The SMILES string of the molecule is CCCCOCCOc1ccc([N+](=O)[O-])cc1CNC. The topological polar surface area (TPSA) is 73.6 Å². The van der Waals surface area contributed by atoms with E-state index in [9.17, 15) is 10.1 Å². The molecule has 1 aromatic carbocycles. The van der Waals surface area contributed by atoms with Crippen LogP contribution in [0.15, 0.2) is 18.2 Å². The van der Waals surface area contributed by atoms with E-state index in [1.54, 1.807) is 13.1 Å². The van der Waals surface area contributed by atoms with Crippen LogP contribution in [0.5, 0.6) is 5.75 Å². The Morgan fingerprint density at radius 3 is 2.75 bits per heavy atom. The average Bonchev–Trinajstić information content (AvgIpc) is 2.44. The molecule has 0 unspecified atom stereocenters. The zero-order valence-electron chi connectivity index (χ0n) is 12.1. The van der Waals surface area contributed by atoms with Crippen molar-refractivity contribution >= 4 is 5.69 Å². The molecule has 0 saturated carbocycles. The summed E-state index contributed by atoms with van der Waals surface area (Å²) >= 11 is 0. The maximum Gasteiger partial charge on any atom is 0.270 e. The minimum absolute atomic E-state index is 0.0711. The first-order valence-corrected chi connectivity index (χ1v) is 6.81. The van der Waals surface area contributed by atoms with E-state index in [1.165, 1.54) is 12.1 Å². The molecule has 1 aromatic rings. The van der Waals surface area contributed by atoms with E-state index < -0.39 is 4.92 Å². The maximum atomic E-state index is 10.8. The van der Waals surface area contributed by atoms with Crippen LogP contribution in [0.25, 0.3) is 0 Å². The van der Waals surface area contributed by atoms with Gasteiger partial charge in [0.25, 0.3) is 5.69 Å². The van der Waals surface area contributed by atoms with Crippen LogP contribution < -0.4 is 10.1 Å². The second-order valence-electron chi connectivity index (χ2n) is 4.39. The van der Waals surface area contributed by atoms with Gasteiger partial charge >= 0.3 is 0 Å². The lowest BCUT2D eigenvalue weighted by Crippen LogP contribution is -2.11. The number of nitrogens with one attached hydrogen (secondary N) is 1. The number of benzene rings is 1. The number of nitrogens with zero attached hydrogens (tertiary/aromatic N) is 1. The molecule has 0 heterocycles. The van der Waals surface area contributed by atoms with Gasteiger partial charge in [-0.25, -0.2) is 0 Å². The number of hydrogen-bond donors (Lipinski definition) is 1. The van der Waals surface area contributed by atoms with Gasteiger partial charge in [0.2, 0.25) is 0 Å². The van der Waals surface area contributed by atoms with Gasteiger partial charge < -0.3 is 14.8 Å². The molecule has 0 aromatic heterocycles. The van der Waals surface area contributed by atoms with Crippen molar-refractivity contribution < 1.29 is 14.4 Å². The fourth-order valence-corrected chi connectivity index (χ4v) is 1.71. The summed E-state index contributed by atoms with van der Waals surface area (Å²) in [6.07, 6.45) is 2.15. The Labute approximate surface area is 119 Å². The summed E-state index contributed by atoms with van der Waals surface area (Å²) in [6.45, 7) is 4.34. The molecule has 6 nitrogen and oxygen atoms in total. The van der Waals surface area contributed by atoms with Crippen LogP contribution in [0.3, 0.4) is 0 Å². The minimum Gasteiger partial charge on any atom is -0.491 e. The molecular weight excluding hydrogens is 260 g/mol. The van der Waals surface area contributed by atoms with E-state index in [1.807, 2.05) is 0 Å². The Balaban J connectivity index is 2.53. The van der Waals surface area contributed by atoms with E-state index in [2.05, 4.69) is 12.2 Å². The van der Waals surface area contributed by atoms with E-state index in [0.717, 1.165) is 25.0 Å². The van der Waals surface area contributed by atoms with E-state index in [4.69, 9.17) is 9.47 Å². The standard InChI is InChI=1S/C14H22N2O4/c1-3-4-7-19-8-9-20-14-6-5-13(16(17)18)10-12(14)11-15-2/h5-6,10,15H,3-4,7-9,11H2,1-2H3. The Morgan fingerprint density at radius 2 is 2.10 bits per heavy atom. The molecule has 0 radical (unpaired) electrons. The van der Waals surface area contributed by atoms with Crippen molar-refractivity contribution in [3.8, 4) is 5.75 Å². The quantitative estimate of drug-likeness (QED) is 0.405. The third kappa shape index (κ3) is 5.54. The number of nitro groups is 1. The molecule has 6 heteroatoms. The lowest BCUT2D eigenvalue weighted by molar-refractivity contribution is -0.384. The first-order chi connectivity index (χ1) is 9.69. The highest BCUT2D eigenvalue weighted by molar-refractivity contribution is 5.43. The van der Waals surface area contributed by atoms with Crippen molar-refractivity contribution in [2.75, 3.05) is 26.9 Å². The van der Waals surface area contributed by atoms with E-state index >= 15 is 0 Å². The Hall–Kier alpha value is -1.66. The zero-order chi connectivity index (χ0) is 14.8. The molecule has 0 aliphatic heterocycles. The number of unbranched alkanes of at least 4 members (excludes halogenated alkanes) is 1. The Kier molecular flexibility index (Phi) is 7.60. The second-order valence-corrected chi connectivity index (χ2v) is 4.39. The highest BCUT2D eigenvalue weighted by atomic mass is 16.6. The fourth-order valence-electron chi connectivity index (χ4n) is 1.71. The van der Waals surface area contributed by atoms with Gasteiger partial charge in [0.15, 0.2) is 0 Å². The third-order valence-corrected chi connectivity index (χ3v) is 2.75. The van der Waals surface area contributed by atoms with Gasteiger partial charge in [-0.15, -0.1) is 0 Å². The van der Waals surface area contributed by atoms with Gasteiger partial charge in [-0.3, -0.25) is 10.1 Å². The number of nitro benzene ring substituents is 1. The molecule has 0 bridgehead atoms. The smallest absolute Gasteiger partial charge is 0.270 e. The summed E-state index contributed by atoms with van der Waals surface area (Å²) in [7, 11) is 1.79. The van der Waals surface area contributed by atoms with Crippen molar-refractivity contribution in [1.82, 2.24) is 5.32 Å². The van der Waals surface area contributed by atoms with Crippen molar-refractivity contribution in [2.45, 2.75) is 26.3 Å². The van der Waals surface area contributed by atoms with Crippen LogP contribution in [-0.2, 0) is 11.3 Å². The van der Waals surface area contributed by atoms with E-state index in [-0.39, 0.29) is 5.69 Å². The molecule has 0 saturated heterocycles. The van der Waals surface area contributed by atoms with Gasteiger partial charge in [0.1, 0.15) is 12.4 Å². The third-order valence-electron chi connectivity index (χ3n) is 2.75. The molecule has 20 heavy (non-hydrogen) atoms. The summed E-state index contributed by atoms with van der Waals surface area (Å²) in [5.41, 5.74) is 0.844. The Bertz CT molecular complexity index is 424.